The lowest BCUT2D eigenvalue weighted by Crippen LogP contribution is -1.99. The SMILES string of the molecule is COc1cccc(OCc2cc(Cl)ccc2OC)c1. The number of benzene rings is 2. The van der Waals surface area contributed by atoms with Gasteiger partial charge in [0.15, 0.2) is 0 Å². The molecule has 2 aromatic carbocycles. The van der Waals surface area contributed by atoms with Crippen LogP contribution in [0.4, 0.5) is 0 Å². The van der Waals surface area contributed by atoms with Gasteiger partial charge in [-0.2, -0.15) is 0 Å². The van der Waals surface area contributed by atoms with E-state index in [1.165, 1.54) is 0 Å². The van der Waals surface area contributed by atoms with Crippen molar-refractivity contribution in [3.05, 3.63) is 53.1 Å². The van der Waals surface area contributed by atoms with Crippen molar-refractivity contribution in [2.75, 3.05) is 14.2 Å². The summed E-state index contributed by atoms with van der Waals surface area (Å²) in [6.45, 7) is 0.386. The molecule has 0 atom stereocenters. The Bertz CT molecular complexity index is 555. The Balaban J connectivity index is 2.11. The molecule has 0 aliphatic carbocycles. The van der Waals surface area contributed by atoms with Gasteiger partial charge in [-0.25, -0.2) is 0 Å². The second kappa shape index (κ2) is 6.34. The van der Waals surface area contributed by atoms with Gasteiger partial charge >= 0.3 is 0 Å². The summed E-state index contributed by atoms with van der Waals surface area (Å²) < 4.78 is 16.1. The molecular weight excluding hydrogens is 264 g/mol. The van der Waals surface area contributed by atoms with Gasteiger partial charge < -0.3 is 14.2 Å². The summed E-state index contributed by atoms with van der Waals surface area (Å²) in [5, 5.41) is 0.657. The van der Waals surface area contributed by atoms with Crippen molar-refractivity contribution >= 4 is 11.6 Å². The van der Waals surface area contributed by atoms with Crippen LogP contribution in [0.15, 0.2) is 42.5 Å². The van der Waals surface area contributed by atoms with Gasteiger partial charge in [-0.05, 0) is 30.3 Å². The van der Waals surface area contributed by atoms with Crippen molar-refractivity contribution in [3.8, 4) is 17.2 Å². The van der Waals surface area contributed by atoms with E-state index >= 15 is 0 Å². The largest absolute Gasteiger partial charge is 0.497 e. The summed E-state index contributed by atoms with van der Waals surface area (Å²) in [5.74, 6) is 2.25. The van der Waals surface area contributed by atoms with Crippen LogP contribution in [0.2, 0.25) is 5.02 Å². The lowest BCUT2D eigenvalue weighted by atomic mass is 10.2. The lowest BCUT2D eigenvalue weighted by Gasteiger charge is -2.11. The number of hydrogen-bond donors (Lipinski definition) is 0. The average Bonchev–Trinajstić information content (AvgIpc) is 2.45. The van der Waals surface area contributed by atoms with Crippen LogP contribution in [0.3, 0.4) is 0 Å². The van der Waals surface area contributed by atoms with Gasteiger partial charge in [0.05, 0.1) is 14.2 Å². The molecule has 0 saturated carbocycles. The van der Waals surface area contributed by atoms with E-state index < -0.39 is 0 Å². The van der Waals surface area contributed by atoms with Crippen LogP contribution in [-0.2, 0) is 6.61 Å². The molecule has 0 amide bonds. The molecule has 0 saturated heterocycles. The van der Waals surface area contributed by atoms with Gasteiger partial charge in [-0.1, -0.05) is 17.7 Å². The first-order chi connectivity index (χ1) is 9.22. The van der Waals surface area contributed by atoms with Crippen LogP contribution < -0.4 is 14.2 Å². The third-order valence-electron chi connectivity index (χ3n) is 2.68. The summed E-state index contributed by atoms with van der Waals surface area (Å²) in [4.78, 5) is 0. The Labute approximate surface area is 117 Å². The van der Waals surface area contributed by atoms with Crippen LogP contribution in [-0.4, -0.2) is 14.2 Å². The number of rotatable bonds is 5. The minimum atomic E-state index is 0.386. The zero-order chi connectivity index (χ0) is 13.7. The Morgan fingerprint density at radius 3 is 2.47 bits per heavy atom. The third-order valence-corrected chi connectivity index (χ3v) is 2.91. The molecule has 0 unspecified atom stereocenters. The van der Waals surface area contributed by atoms with Crippen molar-refractivity contribution in [2.24, 2.45) is 0 Å². The molecule has 0 aromatic heterocycles. The van der Waals surface area contributed by atoms with Gasteiger partial charge in [-0.3, -0.25) is 0 Å². The van der Waals surface area contributed by atoms with Crippen LogP contribution in [0.5, 0.6) is 17.2 Å². The highest BCUT2D eigenvalue weighted by atomic mass is 35.5. The molecule has 100 valence electrons. The molecule has 0 N–H and O–H groups in total. The molecule has 0 heterocycles. The smallest absolute Gasteiger partial charge is 0.125 e. The van der Waals surface area contributed by atoms with Crippen LogP contribution in [0.1, 0.15) is 5.56 Å². The van der Waals surface area contributed by atoms with E-state index in [4.69, 9.17) is 25.8 Å². The van der Waals surface area contributed by atoms with Crippen LogP contribution in [0, 0.1) is 0 Å². The number of hydrogen-bond acceptors (Lipinski definition) is 3. The van der Waals surface area contributed by atoms with E-state index in [9.17, 15) is 0 Å². The maximum Gasteiger partial charge on any atom is 0.125 e. The highest BCUT2D eigenvalue weighted by Crippen LogP contribution is 2.25. The Morgan fingerprint density at radius 2 is 1.74 bits per heavy atom. The maximum absolute atomic E-state index is 5.97. The zero-order valence-electron chi connectivity index (χ0n) is 10.9. The van der Waals surface area contributed by atoms with E-state index in [-0.39, 0.29) is 0 Å². The van der Waals surface area contributed by atoms with E-state index in [2.05, 4.69) is 0 Å². The summed E-state index contributed by atoms with van der Waals surface area (Å²) in [6.07, 6.45) is 0. The number of halogens is 1. The minimum Gasteiger partial charge on any atom is -0.497 e. The molecule has 3 nitrogen and oxygen atoms in total. The van der Waals surface area contributed by atoms with E-state index in [0.29, 0.717) is 11.6 Å². The second-order valence-electron chi connectivity index (χ2n) is 3.92. The Hall–Kier alpha value is -1.87. The van der Waals surface area contributed by atoms with E-state index in [1.54, 1.807) is 20.3 Å². The summed E-state index contributed by atoms with van der Waals surface area (Å²) in [6, 6.07) is 12.9. The molecule has 19 heavy (non-hydrogen) atoms. The predicted octanol–water partition coefficient (Wildman–Crippen LogP) is 3.94. The summed E-state index contributed by atoms with van der Waals surface area (Å²) >= 11 is 5.97. The highest BCUT2D eigenvalue weighted by Gasteiger charge is 2.05. The van der Waals surface area contributed by atoms with Crippen molar-refractivity contribution in [1.29, 1.82) is 0 Å². The fourth-order valence-electron chi connectivity index (χ4n) is 1.71. The topological polar surface area (TPSA) is 27.7 Å². The lowest BCUT2D eigenvalue weighted by molar-refractivity contribution is 0.294. The molecule has 2 aromatic rings. The molecule has 0 spiro atoms. The van der Waals surface area contributed by atoms with Crippen molar-refractivity contribution in [2.45, 2.75) is 6.61 Å². The van der Waals surface area contributed by atoms with Crippen molar-refractivity contribution in [1.82, 2.24) is 0 Å². The molecule has 0 fully saturated rings. The first kappa shape index (κ1) is 13.6. The predicted molar refractivity (Wildman–Crippen MR) is 75.3 cm³/mol. The van der Waals surface area contributed by atoms with Crippen molar-refractivity contribution in [3.63, 3.8) is 0 Å². The van der Waals surface area contributed by atoms with Gasteiger partial charge in [-0.15, -0.1) is 0 Å². The normalized spacial score (nSPS) is 10.1. The fraction of sp³-hybridized carbons (Fsp3) is 0.200. The zero-order valence-corrected chi connectivity index (χ0v) is 11.6. The van der Waals surface area contributed by atoms with E-state index in [1.807, 2.05) is 36.4 Å². The van der Waals surface area contributed by atoms with Gasteiger partial charge in [0.25, 0.3) is 0 Å². The molecule has 4 heteroatoms. The first-order valence-electron chi connectivity index (χ1n) is 5.82. The molecule has 0 aliphatic heterocycles. The molecule has 2 rings (SSSR count). The van der Waals surface area contributed by atoms with Gasteiger partial charge in [0, 0.05) is 16.7 Å². The second-order valence-corrected chi connectivity index (χ2v) is 4.36. The molecule has 0 aliphatic rings. The highest BCUT2D eigenvalue weighted by molar-refractivity contribution is 6.30. The monoisotopic (exact) mass is 278 g/mol. The maximum atomic E-state index is 5.97. The van der Waals surface area contributed by atoms with Crippen LogP contribution in [0.25, 0.3) is 0 Å². The van der Waals surface area contributed by atoms with Crippen LogP contribution >= 0.6 is 11.6 Å². The van der Waals surface area contributed by atoms with Gasteiger partial charge in [0.1, 0.15) is 23.9 Å². The quantitative estimate of drug-likeness (QED) is 0.829. The summed E-state index contributed by atoms with van der Waals surface area (Å²) in [7, 11) is 3.25. The van der Waals surface area contributed by atoms with Crippen molar-refractivity contribution < 1.29 is 14.2 Å². The average molecular weight is 279 g/mol. The molecular formula is C15H15ClO3. The van der Waals surface area contributed by atoms with E-state index in [0.717, 1.165) is 22.8 Å². The summed E-state index contributed by atoms with van der Waals surface area (Å²) in [5.41, 5.74) is 0.901. The minimum absolute atomic E-state index is 0.386. The van der Waals surface area contributed by atoms with Gasteiger partial charge in [0.2, 0.25) is 0 Å². The fourth-order valence-corrected chi connectivity index (χ4v) is 1.91. The molecule has 0 bridgehead atoms. The standard InChI is InChI=1S/C15H15ClO3/c1-17-13-4-3-5-14(9-13)19-10-11-8-12(16)6-7-15(11)18-2/h3-9H,10H2,1-2H3. The third kappa shape index (κ3) is 3.55. The number of methoxy groups -OCH3 is 2. The molecule has 0 radical (unpaired) electrons. The first-order valence-corrected chi connectivity index (χ1v) is 6.20. The Kier molecular flexibility index (Phi) is 4.53. The Morgan fingerprint density at radius 1 is 0.947 bits per heavy atom. The number of ether oxygens (including phenoxy) is 3.